The zero-order valence-electron chi connectivity index (χ0n) is 18.9. The molecule has 2 aromatic rings. The molecule has 12 heteroatoms. The van der Waals surface area contributed by atoms with E-state index in [1.807, 2.05) is 13.1 Å². The lowest BCUT2D eigenvalue weighted by molar-refractivity contribution is -0.142. The molecule has 2 aromatic carbocycles. The molecule has 0 fully saturated rings. The van der Waals surface area contributed by atoms with Crippen LogP contribution in [0, 0.1) is 0 Å². The van der Waals surface area contributed by atoms with Crippen molar-refractivity contribution < 1.29 is 28.0 Å². The molecular weight excluding hydrogens is 484 g/mol. The minimum Gasteiger partial charge on any atom is -0.479 e. The van der Waals surface area contributed by atoms with Crippen molar-refractivity contribution in [2.75, 3.05) is 39.6 Å². The summed E-state index contributed by atoms with van der Waals surface area (Å²) in [6, 6.07) is 8.45. The largest absolute Gasteiger partial charge is 0.479 e. The minimum absolute atomic E-state index is 0. The number of carboxylic acids is 1. The highest BCUT2D eigenvalue weighted by molar-refractivity contribution is 7.89. The van der Waals surface area contributed by atoms with Gasteiger partial charge in [0.2, 0.25) is 16.6 Å². The molecule has 0 bridgehead atoms. The molecule has 0 spiro atoms. The van der Waals surface area contributed by atoms with Gasteiger partial charge in [-0.1, -0.05) is 17.3 Å². The van der Waals surface area contributed by atoms with Gasteiger partial charge in [0, 0.05) is 32.7 Å². The topological polar surface area (TPSA) is 129 Å². The Hall–Kier alpha value is -2.99. The van der Waals surface area contributed by atoms with Crippen LogP contribution in [0.5, 0.6) is 0 Å². The first-order valence-corrected chi connectivity index (χ1v) is 11.7. The third kappa shape index (κ3) is 4.64. The second-order valence-corrected chi connectivity index (χ2v) is 10.3. The first-order chi connectivity index (χ1) is 15.6. The van der Waals surface area contributed by atoms with Crippen LogP contribution in [-0.4, -0.2) is 74.6 Å². The van der Waals surface area contributed by atoms with Crippen LogP contribution in [0.25, 0.3) is 11.1 Å². The van der Waals surface area contributed by atoms with Crippen LogP contribution >= 0.6 is 12.4 Å². The van der Waals surface area contributed by atoms with Crippen LogP contribution in [0.4, 0.5) is 5.69 Å². The molecule has 2 heterocycles. The molecule has 2 aliphatic rings. The molecule has 4 rings (SSSR count). The van der Waals surface area contributed by atoms with E-state index >= 15 is 0 Å². The number of benzene rings is 2. The molecule has 0 atom stereocenters. The van der Waals surface area contributed by atoms with E-state index in [4.69, 9.17) is 9.94 Å². The zero-order chi connectivity index (χ0) is 23.9. The molecule has 0 aromatic heterocycles. The Bertz CT molecular complexity index is 1280. The van der Waals surface area contributed by atoms with Gasteiger partial charge >= 0.3 is 5.97 Å². The first-order valence-electron chi connectivity index (χ1n) is 10.2. The van der Waals surface area contributed by atoms with Crippen LogP contribution in [0.15, 0.2) is 40.4 Å². The summed E-state index contributed by atoms with van der Waals surface area (Å²) in [4.78, 5) is 30.5. The van der Waals surface area contributed by atoms with Gasteiger partial charge in [-0.15, -0.1) is 12.4 Å². The Morgan fingerprint density at radius 1 is 1.21 bits per heavy atom. The highest BCUT2D eigenvalue weighted by Crippen LogP contribution is 2.40. The minimum atomic E-state index is -3.55. The van der Waals surface area contributed by atoms with Gasteiger partial charge in [-0.2, -0.15) is 0 Å². The molecule has 34 heavy (non-hydrogen) atoms. The van der Waals surface area contributed by atoms with E-state index in [1.54, 1.807) is 24.3 Å². The third-order valence-corrected chi connectivity index (χ3v) is 7.55. The monoisotopic (exact) mass is 508 g/mol. The number of sulfonamides is 1. The number of oxime groups is 1. The van der Waals surface area contributed by atoms with E-state index in [9.17, 15) is 18.0 Å². The Labute approximate surface area is 203 Å². The number of carbonyl (C=O) groups excluding carboxylic acids is 1. The molecule has 2 aliphatic heterocycles. The summed E-state index contributed by atoms with van der Waals surface area (Å²) in [5.74, 6) is -1.66. The number of hydrogen-bond donors (Lipinski definition) is 2. The summed E-state index contributed by atoms with van der Waals surface area (Å²) in [5, 5.41) is 15.4. The molecule has 0 aliphatic carbocycles. The second-order valence-electron chi connectivity index (χ2n) is 8.16. The number of hydrogen-bond acceptors (Lipinski definition) is 7. The number of nitrogens with zero attached hydrogens (tertiary/aromatic N) is 3. The summed E-state index contributed by atoms with van der Waals surface area (Å²) in [5.41, 5.74) is 4.89. The second kappa shape index (κ2) is 9.71. The summed E-state index contributed by atoms with van der Waals surface area (Å²) in [6.45, 7) is 0.791. The highest BCUT2D eigenvalue weighted by atomic mass is 35.5. The Kier molecular flexibility index (Phi) is 7.32. The molecule has 0 radical (unpaired) electrons. The van der Waals surface area contributed by atoms with Crippen molar-refractivity contribution in [3.8, 4) is 11.1 Å². The number of rotatable bonds is 6. The molecule has 182 valence electrons. The lowest BCUT2D eigenvalue weighted by Crippen LogP contribution is -2.27. The van der Waals surface area contributed by atoms with Crippen LogP contribution in [-0.2, 0) is 37.4 Å². The number of amides is 1. The molecular formula is C22H25ClN4O6S. The average Bonchev–Trinajstić information content (AvgIpc) is 3.08. The lowest BCUT2D eigenvalue weighted by atomic mass is 9.87. The van der Waals surface area contributed by atoms with Crippen LogP contribution in [0.2, 0.25) is 0 Å². The summed E-state index contributed by atoms with van der Waals surface area (Å²) < 4.78 is 26.0. The van der Waals surface area contributed by atoms with Gasteiger partial charge in [-0.05, 0) is 53.9 Å². The SMILES string of the molecule is CN1CCc2c(-c3ccc(S(=O)(=O)N(C)C)cc3)cc3c(c2C1)NC(=O)C3=NOCC(=O)O.Cl. The highest BCUT2D eigenvalue weighted by Gasteiger charge is 2.33. The van der Waals surface area contributed by atoms with E-state index in [2.05, 4.69) is 15.4 Å². The standard InChI is InChI=1S/C22H24N4O6S.ClH/c1-25(2)33(30,31)14-6-4-13(5-7-14)16-10-17-20(18-11-26(3)9-8-15(16)18)23-22(29)21(17)24-32-12-19(27)28;/h4-7,10H,8-9,11-12H2,1-3H3,(H,27,28)(H,23,24,29);1H. The molecule has 0 unspecified atom stereocenters. The smallest absolute Gasteiger partial charge is 0.344 e. The van der Waals surface area contributed by atoms with Crippen molar-refractivity contribution in [1.82, 2.24) is 9.21 Å². The van der Waals surface area contributed by atoms with E-state index in [-0.39, 0.29) is 23.0 Å². The number of anilines is 1. The molecule has 0 saturated heterocycles. The number of nitrogens with one attached hydrogen (secondary N) is 1. The zero-order valence-corrected chi connectivity index (χ0v) is 20.5. The predicted molar refractivity (Wildman–Crippen MR) is 129 cm³/mol. The van der Waals surface area contributed by atoms with Gasteiger partial charge in [0.1, 0.15) is 0 Å². The van der Waals surface area contributed by atoms with E-state index in [0.29, 0.717) is 17.8 Å². The maximum atomic E-state index is 12.6. The van der Waals surface area contributed by atoms with Crippen molar-refractivity contribution in [2.45, 2.75) is 17.9 Å². The number of likely N-dealkylation sites (N-methyl/N-ethyl adjacent to an activating group) is 1. The quantitative estimate of drug-likeness (QED) is 0.569. The fraction of sp³-hybridized carbons (Fsp3) is 0.318. The number of fused-ring (bicyclic) bond motifs is 3. The van der Waals surface area contributed by atoms with Crippen molar-refractivity contribution in [1.29, 1.82) is 0 Å². The van der Waals surface area contributed by atoms with E-state index < -0.39 is 28.5 Å². The van der Waals surface area contributed by atoms with Gasteiger partial charge in [0.25, 0.3) is 5.91 Å². The molecule has 10 nitrogen and oxygen atoms in total. The van der Waals surface area contributed by atoms with Gasteiger partial charge in [0.05, 0.1) is 10.6 Å². The molecule has 1 amide bonds. The Balaban J connectivity index is 0.00000324. The maximum Gasteiger partial charge on any atom is 0.344 e. The summed E-state index contributed by atoms with van der Waals surface area (Å²) in [7, 11) is 1.40. The van der Waals surface area contributed by atoms with Crippen molar-refractivity contribution in [3.05, 3.63) is 47.0 Å². The number of carboxylic acid groups (broad SMARTS) is 1. The Morgan fingerprint density at radius 2 is 1.88 bits per heavy atom. The summed E-state index contributed by atoms with van der Waals surface area (Å²) >= 11 is 0. The number of aliphatic carboxylic acids is 1. The number of halogens is 1. The maximum absolute atomic E-state index is 12.6. The van der Waals surface area contributed by atoms with Crippen molar-refractivity contribution >= 4 is 45.7 Å². The molecule has 0 saturated carbocycles. The predicted octanol–water partition coefficient (Wildman–Crippen LogP) is 1.77. The van der Waals surface area contributed by atoms with Crippen molar-refractivity contribution in [2.24, 2.45) is 5.16 Å². The first kappa shape index (κ1) is 25.6. The summed E-state index contributed by atoms with van der Waals surface area (Å²) in [6.07, 6.45) is 0.754. The fourth-order valence-corrected chi connectivity index (χ4v) is 4.94. The fourth-order valence-electron chi connectivity index (χ4n) is 4.03. The van der Waals surface area contributed by atoms with E-state index in [1.165, 1.54) is 14.1 Å². The van der Waals surface area contributed by atoms with Crippen molar-refractivity contribution in [3.63, 3.8) is 0 Å². The van der Waals surface area contributed by atoms with E-state index in [0.717, 1.165) is 39.5 Å². The lowest BCUT2D eigenvalue weighted by Gasteiger charge is -2.29. The third-order valence-electron chi connectivity index (χ3n) is 5.72. The Morgan fingerprint density at radius 3 is 2.50 bits per heavy atom. The van der Waals surface area contributed by atoms with Gasteiger partial charge in [-0.3, -0.25) is 4.79 Å². The van der Waals surface area contributed by atoms with Crippen LogP contribution < -0.4 is 5.32 Å². The van der Waals surface area contributed by atoms with Gasteiger partial charge in [-0.25, -0.2) is 17.5 Å². The number of carbonyl (C=O) groups is 2. The average molecular weight is 509 g/mol. The molecule has 2 N–H and O–H groups in total. The normalized spacial score (nSPS) is 16.6. The van der Waals surface area contributed by atoms with Crippen LogP contribution in [0.1, 0.15) is 16.7 Å². The van der Waals surface area contributed by atoms with Gasteiger partial charge in [0.15, 0.2) is 5.71 Å². The van der Waals surface area contributed by atoms with Gasteiger partial charge < -0.3 is 20.2 Å². The van der Waals surface area contributed by atoms with Crippen LogP contribution in [0.3, 0.4) is 0 Å².